The molecular weight excluding hydrogens is 693 g/mol. The second kappa shape index (κ2) is 13.6. The molecule has 11 rings (SSSR count). The topological polar surface area (TPSA) is 21.3 Å². The minimum absolute atomic E-state index is 0.851. The molecule has 0 spiro atoms. The van der Waals surface area contributed by atoms with Crippen molar-refractivity contribution in [3.8, 4) is 39.1 Å². The lowest BCUT2D eigenvalue weighted by atomic mass is 9.95. The van der Waals surface area contributed by atoms with Gasteiger partial charge in [0, 0.05) is 44.0 Å². The Bertz CT molecular complexity index is 3220. The second-order valence-corrected chi connectivity index (χ2v) is 14.5. The molecule has 0 aliphatic heterocycles. The van der Waals surface area contributed by atoms with Gasteiger partial charge in [0.05, 0.1) is 22.4 Å². The molecule has 0 aliphatic carbocycles. The zero-order valence-electron chi connectivity index (χ0n) is 31.1. The van der Waals surface area contributed by atoms with Gasteiger partial charge in [0.25, 0.3) is 0 Å². The molecule has 0 fully saturated rings. The molecule has 3 heteroatoms. The molecule has 11 aromatic rings. The maximum Gasteiger partial charge on any atom is 0.159 e. The first-order chi connectivity index (χ1) is 28.3. The molecule has 3 nitrogen and oxygen atoms in total. The molecular formula is C54H36N2O. The predicted molar refractivity (Wildman–Crippen MR) is 239 cm³/mol. The number of furan rings is 1. The highest BCUT2D eigenvalue weighted by molar-refractivity contribution is 6.17. The average molecular weight is 729 g/mol. The number of benzene rings is 9. The number of hydrogen-bond donors (Lipinski definition) is 0. The molecule has 0 saturated heterocycles. The van der Waals surface area contributed by atoms with E-state index < -0.39 is 0 Å². The van der Waals surface area contributed by atoms with Crippen LogP contribution in [0.4, 0.5) is 17.1 Å². The van der Waals surface area contributed by atoms with Crippen molar-refractivity contribution in [1.29, 1.82) is 0 Å². The van der Waals surface area contributed by atoms with Gasteiger partial charge in [-0.05, 0) is 76.9 Å². The first-order valence-electron chi connectivity index (χ1n) is 19.4. The SMILES string of the molecule is c1ccc(-c2cc(-c3ccccc3)c3c(c2)c2ccc(N(c4ccccc4-c4ccccc4)c4cccc5c4oc4ccccc45)cc2n3-c2ccccc2)cc1. The van der Waals surface area contributed by atoms with Gasteiger partial charge in [0.1, 0.15) is 5.58 Å². The number of nitrogens with zero attached hydrogens (tertiary/aromatic N) is 2. The van der Waals surface area contributed by atoms with Gasteiger partial charge in [-0.2, -0.15) is 0 Å². The molecule has 0 unspecified atom stereocenters. The van der Waals surface area contributed by atoms with E-state index in [9.17, 15) is 0 Å². The van der Waals surface area contributed by atoms with Crippen LogP contribution in [0, 0.1) is 0 Å². The summed E-state index contributed by atoms with van der Waals surface area (Å²) in [6, 6.07) is 78.1. The number of hydrogen-bond acceptors (Lipinski definition) is 2. The fourth-order valence-electron chi connectivity index (χ4n) is 8.60. The summed E-state index contributed by atoms with van der Waals surface area (Å²) >= 11 is 0. The van der Waals surface area contributed by atoms with Crippen LogP contribution in [-0.4, -0.2) is 4.57 Å². The van der Waals surface area contributed by atoms with Crippen LogP contribution in [0.3, 0.4) is 0 Å². The van der Waals surface area contributed by atoms with Crippen molar-refractivity contribution >= 4 is 60.8 Å². The summed E-state index contributed by atoms with van der Waals surface area (Å²) in [7, 11) is 0. The Morgan fingerprint density at radius 3 is 1.72 bits per heavy atom. The van der Waals surface area contributed by atoms with E-state index in [-0.39, 0.29) is 0 Å². The summed E-state index contributed by atoms with van der Waals surface area (Å²) in [5.74, 6) is 0. The van der Waals surface area contributed by atoms with E-state index in [0.29, 0.717) is 0 Å². The number of aromatic nitrogens is 1. The molecule has 268 valence electrons. The van der Waals surface area contributed by atoms with E-state index in [2.05, 4.69) is 222 Å². The fourth-order valence-corrected chi connectivity index (χ4v) is 8.60. The molecule has 2 aromatic heterocycles. The van der Waals surface area contributed by atoms with Crippen molar-refractivity contribution in [3.63, 3.8) is 0 Å². The highest BCUT2D eigenvalue weighted by Gasteiger charge is 2.24. The molecule has 0 amide bonds. The van der Waals surface area contributed by atoms with Gasteiger partial charge in [0.2, 0.25) is 0 Å². The van der Waals surface area contributed by atoms with E-state index in [0.717, 1.165) is 61.3 Å². The highest BCUT2D eigenvalue weighted by atomic mass is 16.3. The molecule has 0 saturated carbocycles. The van der Waals surface area contributed by atoms with E-state index in [4.69, 9.17) is 4.42 Å². The van der Waals surface area contributed by atoms with Gasteiger partial charge in [-0.15, -0.1) is 0 Å². The largest absolute Gasteiger partial charge is 0.454 e. The van der Waals surface area contributed by atoms with Gasteiger partial charge in [-0.3, -0.25) is 0 Å². The number of rotatable bonds is 7. The first-order valence-corrected chi connectivity index (χ1v) is 19.4. The van der Waals surface area contributed by atoms with Crippen molar-refractivity contribution < 1.29 is 4.42 Å². The van der Waals surface area contributed by atoms with Gasteiger partial charge in [-0.25, -0.2) is 0 Å². The van der Waals surface area contributed by atoms with Crippen LogP contribution in [0.1, 0.15) is 0 Å². The maximum absolute atomic E-state index is 6.75. The molecule has 0 bridgehead atoms. The lowest BCUT2D eigenvalue weighted by Crippen LogP contribution is -2.11. The van der Waals surface area contributed by atoms with Crippen LogP contribution < -0.4 is 4.90 Å². The zero-order valence-corrected chi connectivity index (χ0v) is 31.1. The van der Waals surface area contributed by atoms with Crippen LogP contribution in [0.2, 0.25) is 0 Å². The monoisotopic (exact) mass is 728 g/mol. The van der Waals surface area contributed by atoms with Crippen molar-refractivity contribution in [3.05, 3.63) is 218 Å². The standard InChI is InChI=1S/C54H36N2O/c1-5-18-37(19-6-1)40-34-47(39-22-9-3-10-23-39)53-48(35-40)44-33-32-42(36-51(44)56(53)41-24-11-4-12-25-41)55(49-29-15-13-26-43(49)38-20-7-2-8-21-38)50-30-17-28-46-45-27-14-16-31-52(45)57-54(46)50/h1-36H. The van der Waals surface area contributed by atoms with Crippen LogP contribution >= 0.6 is 0 Å². The number of anilines is 3. The Morgan fingerprint density at radius 1 is 0.368 bits per heavy atom. The Kier molecular flexibility index (Phi) is 7.82. The Morgan fingerprint density at radius 2 is 0.965 bits per heavy atom. The van der Waals surface area contributed by atoms with E-state index in [1.54, 1.807) is 0 Å². The van der Waals surface area contributed by atoms with Crippen molar-refractivity contribution in [2.75, 3.05) is 4.90 Å². The smallest absolute Gasteiger partial charge is 0.159 e. The summed E-state index contributed by atoms with van der Waals surface area (Å²) in [6.45, 7) is 0. The third-order valence-corrected chi connectivity index (χ3v) is 11.2. The molecule has 9 aromatic carbocycles. The lowest BCUT2D eigenvalue weighted by molar-refractivity contribution is 0.669. The maximum atomic E-state index is 6.75. The Balaban J connectivity index is 1.25. The first kappa shape index (κ1) is 32.8. The van der Waals surface area contributed by atoms with Gasteiger partial charge < -0.3 is 13.9 Å². The summed E-state index contributed by atoms with van der Waals surface area (Å²) in [4.78, 5) is 2.38. The quantitative estimate of drug-likeness (QED) is 0.163. The summed E-state index contributed by atoms with van der Waals surface area (Å²) in [5.41, 5.74) is 15.2. The molecule has 0 radical (unpaired) electrons. The normalized spacial score (nSPS) is 11.5. The highest BCUT2D eigenvalue weighted by Crippen LogP contribution is 2.48. The third-order valence-electron chi connectivity index (χ3n) is 11.2. The lowest BCUT2D eigenvalue weighted by Gasteiger charge is -2.28. The van der Waals surface area contributed by atoms with Crippen molar-refractivity contribution in [2.45, 2.75) is 0 Å². The summed E-state index contributed by atoms with van der Waals surface area (Å²) in [6.07, 6.45) is 0. The van der Waals surface area contributed by atoms with Crippen LogP contribution in [-0.2, 0) is 0 Å². The van der Waals surface area contributed by atoms with Crippen LogP contribution in [0.25, 0.3) is 82.8 Å². The zero-order chi connectivity index (χ0) is 37.7. The van der Waals surface area contributed by atoms with Gasteiger partial charge >= 0.3 is 0 Å². The second-order valence-electron chi connectivity index (χ2n) is 14.5. The van der Waals surface area contributed by atoms with Crippen molar-refractivity contribution in [2.24, 2.45) is 0 Å². The third kappa shape index (κ3) is 5.51. The minimum atomic E-state index is 0.851. The van der Waals surface area contributed by atoms with Crippen LogP contribution in [0.15, 0.2) is 223 Å². The Labute approximate surface area is 330 Å². The van der Waals surface area contributed by atoms with Gasteiger partial charge in [-0.1, -0.05) is 164 Å². The number of fused-ring (bicyclic) bond motifs is 6. The molecule has 0 N–H and O–H groups in total. The van der Waals surface area contributed by atoms with E-state index in [1.807, 2.05) is 6.07 Å². The average Bonchev–Trinajstić information content (AvgIpc) is 3.84. The predicted octanol–water partition coefficient (Wildman–Crippen LogP) is 15.2. The fraction of sp³-hybridized carbons (Fsp3) is 0. The minimum Gasteiger partial charge on any atom is -0.454 e. The molecule has 2 heterocycles. The van der Waals surface area contributed by atoms with Crippen molar-refractivity contribution in [1.82, 2.24) is 4.57 Å². The molecule has 57 heavy (non-hydrogen) atoms. The number of para-hydroxylation sites is 4. The van der Waals surface area contributed by atoms with Crippen LogP contribution in [0.5, 0.6) is 0 Å². The summed E-state index contributed by atoms with van der Waals surface area (Å²) in [5, 5.41) is 4.58. The van der Waals surface area contributed by atoms with E-state index in [1.165, 1.54) is 38.5 Å². The van der Waals surface area contributed by atoms with Gasteiger partial charge in [0.15, 0.2) is 5.58 Å². The molecule has 0 aliphatic rings. The molecule has 0 atom stereocenters. The van der Waals surface area contributed by atoms with E-state index >= 15 is 0 Å². The Hall–Kier alpha value is -7.62. The summed E-state index contributed by atoms with van der Waals surface area (Å²) < 4.78 is 9.21.